The first kappa shape index (κ1) is 16.0. The van der Waals surface area contributed by atoms with E-state index in [1.54, 1.807) is 29.2 Å². The van der Waals surface area contributed by atoms with E-state index < -0.39 is 5.60 Å². The summed E-state index contributed by atoms with van der Waals surface area (Å²) in [4.78, 5) is 3.88. The fraction of sp³-hybridized carbons (Fsp3) is 0.333. The highest BCUT2D eigenvalue weighted by molar-refractivity contribution is 6.32. The molecular weight excluding hydrogens is 309 g/mol. The standard InChI is InChI=1S/C15H17Cl2N3O/c1-11(2)15(21,8-20-10-18-9-19-20)14(17)7-12-3-5-13(16)6-4-12/h3-7,9-11,21H,8H2,1-2H3. The lowest BCUT2D eigenvalue weighted by Crippen LogP contribution is -2.40. The molecule has 6 heteroatoms. The van der Waals surface area contributed by atoms with Gasteiger partial charge < -0.3 is 5.11 Å². The Hall–Kier alpha value is -1.36. The van der Waals surface area contributed by atoms with Crippen molar-refractivity contribution in [3.8, 4) is 0 Å². The van der Waals surface area contributed by atoms with Crippen molar-refractivity contribution in [1.29, 1.82) is 0 Å². The molecule has 2 rings (SSSR count). The summed E-state index contributed by atoms with van der Waals surface area (Å²) in [5, 5.41) is 16.0. The predicted octanol–water partition coefficient (Wildman–Crippen LogP) is 3.60. The Morgan fingerprint density at radius 1 is 1.38 bits per heavy atom. The van der Waals surface area contributed by atoms with Gasteiger partial charge in [-0.15, -0.1) is 0 Å². The Morgan fingerprint density at radius 3 is 2.57 bits per heavy atom. The van der Waals surface area contributed by atoms with Crippen LogP contribution in [0.1, 0.15) is 19.4 Å². The van der Waals surface area contributed by atoms with Crippen molar-refractivity contribution >= 4 is 29.3 Å². The number of halogens is 2. The van der Waals surface area contributed by atoms with Crippen LogP contribution in [0, 0.1) is 5.92 Å². The smallest absolute Gasteiger partial charge is 0.137 e. The Balaban J connectivity index is 2.30. The Kier molecular flexibility index (Phi) is 5.04. The monoisotopic (exact) mass is 325 g/mol. The van der Waals surface area contributed by atoms with Crippen LogP contribution in [-0.2, 0) is 6.54 Å². The molecule has 0 fully saturated rings. The van der Waals surface area contributed by atoms with E-state index in [4.69, 9.17) is 23.2 Å². The van der Waals surface area contributed by atoms with E-state index in [0.717, 1.165) is 5.56 Å². The van der Waals surface area contributed by atoms with E-state index in [1.165, 1.54) is 6.33 Å². The number of aromatic nitrogens is 3. The van der Waals surface area contributed by atoms with Crippen LogP contribution in [0.3, 0.4) is 0 Å². The van der Waals surface area contributed by atoms with Crippen molar-refractivity contribution in [1.82, 2.24) is 14.8 Å². The quantitative estimate of drug-likeness (QED) is 0.913. The van der Waals surface area contributed by atoms with Crippen LogP contribution in [0.5, 0.6) is 0 Å². The fourth-order valence-electron chi connectivity index (χ4n) is 1.93. The molecule has 1 N–H and O–H groups in total. The third-order valence-electron chi connectivity index (χ3n) is 3.40. The topological polar surface area (TPSA) is 50.9 Å². The molecule has 1 aromatic heterocycles. The minimum Gasteiger partial charge on any atom is -0.382 e. The first-order chi connectivity index (χ1) is 9.91. The van der Waals surface area contributed by atoms with Gasteiger partial charge in [-0.05, 0) is 29.7 Å². The summed E-state index contributed by atoms with van der Waals surface area (Å²) in [6, 6.07) is 7.26. The summed E-state index contributed by atoms with van der Waals surface area (Å²) in [5.74, 6) is -0.0854. The van der Waals surface area contributed by atoms with E-state index in [0.29, 0.717) is 10.1 Å². The molecule has 0 amide bonds. The maximum absolute atomic E-state index is 10.9. The lowest BCUT2D eigenvalue weighted by molar-refractivity contribution is 0.0193. The molecule has 1 unspecified atom stereocenters. The van der Waals surface area contributed by atoms with Crippen molar-refractivity contribution in [3.05, 3.63) is 52.5 Å². The average Bonchev–Trinajstić information content (AvgIpc) is 2.93. The van der Waals surface area contributed by atoms with Gasteiger partial charge in [0.1, 0.15) is 18.3 Å². The number of hydrogen-bond donors (Lipinski definition) is 1. The van der Waals surface area contributed by atoms with Gasteiger partial charge in [-0.2, -0.15) is 5.10 Å². The Labute approximate surface area is 134 Å². The summed E-state index contributed by atoms with van der Waals surface area (Å²) in [7, 11) is 0. The average molecular weight is 326 g/mol. The highest BCUT2D eigenvalue weighted by Crippen LogP contribution is 2.32. The molecule has 21 heavy (non-hydrogen) atoms. The summed E-state index contributed by atoms with van der Waals surface area (Å²) < 4.78 is 1.57. The van der Waals surface area contributed by atoms with Crippen LogP contribution < -0.4 is 0 Å². The second kappa shape index (κ2) is 6.60. The van der Waals surface area contributed by atoms with Gasteiger partial charge >= 0.3 is 0 Å². The third-order valence-corrected chi connectivity index (χ3v) is 4.09. The molecule has 4 nitrogen and oxygen atoms in total. The zero-order chi connectivity index (χ0) is 15.5. The van der Waals surface area contributed by atoms with E-state index in [1.807, 2.05) is 26.0 Å². The maximum atomic E-state index is 10.9. The van der Waals surface area contributed by atoms with Crippen molar-refractivity contribution < 1.29 is 5.11 Å². The van der Waals surface area contributed by atoms with Crippen molar-refractivity contribution in [3.63, 3.8) is 0 Å². The van der Waals surface area contributed by atoms with Crippen molar-refractivity contribution in [2.24, 2.45) is 5.92 Å². The molecule has 0 spiro atoms. The van der Waals surface area contributed by atoms with Crippen LogP contribution in [0.4, 0.5) is 0 Å². The molecule has 1 heterocycles. The third kappa shape index (κ3) is 3.84. The molecule has 0 saturated heterocycles. The lowest BCUT2D eigenvalue weighted by atomic mass is 9.89. The Morgan fingerprint density at radius 2 is 2.05 bits per heavy atom. The largest absolute Gasteiger partial charge is 0.382 e. The van der Waals surface area contributed by atoms with Crippen LogP contribution in [0.2, 0.25) is 5.02 Å². The van der Waals surface area contributed by atoms with E-state index in [9.17, 15) is 5.11 Å². The number of nitrogens with zero attached hydrogens (tertiary/aromatic N) is 3. The van der Waals surface area contributed by atoms with Crippen LogP contribution in [-0.4, -0.2) is 25.5 Å². The summed E-state index contributed by atoms with van der Waals surface area (Å²) in [6.45, 7) is 4.07. The number of hydrogen-bond acceptors (Lipinski definition) is 3. The molecular formula is C15H17Cl2N3O. The zero-order valence-corrected chi connectivity index (χ0v) is 13.4. The van der Waals surface area contributed by atoms with Gasteiger partial charge in [0.05, 0.1) is 11.6 Å². The van der Waals surface area contributed by atoms with E-state index in [-0.39, 0.29) is 12.5 Å². The van der Waals surface area contributed by atoms with Crippen molar-refractivity contribution in [2.75, 3.05) is 0 Å². The first-order valence-electron chi connectivity index (χ1n) is 6.60. The van der Waals surface area contributed by atoms with Gasteiger partial charge in [0.15, 0.2) is 0 Å². The molecule has 1 aromatic carbocycles. The van der Waals surface area contributed by atoms with Gasteiger partial charge in [0.2, 0.25) is 0 Å². The van der Waals surface area contributed by atoms with Gasteiger partial charge in [-0.3, -0.25) is 0 Å². The molecule has 0 aliphatic rings. The first-order valence-corrected chi connectivity index (χ1v) is 7.35. The lowest BCUT2D eigenvalue weighted by Gasteiger charge is -2.31. The second-order valence-corrected chi connectivity index (χ2v) is 6.06. The summed E-state index contributed by atoms with van der Waals surface area (Å²) in [6.07, 6.45) is 4.73. The molecule has 0 saturated carbocycles. The predicted molar refractivity (Wildman–Crippen MR) is 85.1 cm³/mol. The fourth-order valence-corrected chi connectivity index (χ4v) is 2.46. The summed E-state index contributed by atoms with van der Waals surface area (Å²) in [5.41, 5.74) is -0.336. The second-order valence-electron chi connectivity index (χ2n) is 5.22. The number of aliphatic hydroxyl groups is 1. The Bertz CT molecular complexity index is 608. The maximum Gasteiger partial charge on any atom is 0.137 e. The van der Waals surface area contributed by atoms with Gasteiger partial charge in [0, 0.05) is 5.02 Å². The normalized spacial score (nSPS) is 15.2. The van der Waals surface area contributed by atoms with Crippen LogP contribution in [0.25, 0.3) is 6.08 Å². The van der Waals surface area contributed by atoms with Crippen LogP contribution in [0.15, 0.2) is 42.0 Å². The molecule has 0 radical (unpaired) electrons. The zero-order valence-electron chi connectivity index (χ0n) is 11.9. The van der Waals surface area contributed by atoms with Gasteiger partial charge in [-0.1, -0.05) is 49.2 Å². The highest BCUT2D eigenvalue weighted by atomic mass is 35.5. The number of rotatable bonds is 5. The van der Waals surface area contributed by atoms with Gasteiger partial charge in [0.25, 0.3) is 0 Å². The van der Waals surface area contributed by atoms with Crippen LogP contribution >= 0.6 is 23.2 Å². The molecule has 1 atom stereocenters. The summed E-state index contributed by atoms with van der Waals surface area (Å²) >= 11 is 12.3. The minimum atomic E-state index is -1.21. The highest BCUT2D eigenvalue weighted by Gasteiger charge is 2.35. The molecule has 112 valence electrons. The van der Waals surface area contributed by atoms with E-state index >= 15 is 0 Å². The SMILES string of the molecule is CC(C)C(O)(Cn1cncn1)C(Cl)=Cc1ccc(Cl)cc1. The van der Waals surface area contributed by atoms with E-state index in [2.05, 4.69) is 10.1 Å². The van der Waals surface area contributed by atoms with Crippen molar-refractivity contribution in [2.45, 2.75) is 26.0 Å². The molecule has 2 aromatic rings. The molecule has 0 bridgehead atoms. The molecule has 0 aliphatic carbocycles. The molecule has 0 aliphatic heterocycles. The number of benzene rings is 1. The minimum absolute atomic E-state index is 0.0854. The van der Waals surface area contributed by atoms with Gasteiger partial charge in [-0.25, -0.2) is 9.67 Å².